The number of anilines is 2. The molecule has 0 saturated heterocycles. The third-order valence-corrected chi connectivity index (χ3v) is 5.75. The van der Waals surface area contributed by atoms with Crippen LogP contribution in [0.25, 0.3) is 0 Å². The molecule has 32 heavy (non-hydrogen) atoms. The Hall–Kier alpha value is -2.73. The highest BCUT2D eigenvalue weighted by molar-refractivity contribution is 7.17. The average molecular weight is 485 g/mol. The monoisotopic (exact) mass is 484 g/mol. The summed E-state index contributed by atoms with van der Waals surface area (Å²) in [6.07, 6.45) is 0.702. The number of thiazole rings is 2. The van der Waals surface area contributed by atoms with Gasteiger partial charge >= 0.3 is 6.09 Å². The molecular formula is C20H32N6O4S2. The van der Waals surface area contributed by atoms with Gasteiger partial charge in [0.15, 0.2) is 10.3 Å². The molecule has 0 radical (unpaired) electrons. The van der Waals surface area contributed by atoms with E-state index in [0.29, 0.717) is 38.7 Å². The van der Waals surface area contributed by atoms with Crippen LogP contribution in [0.5, 0.6) is 0 Å². The molecule has 0 fully saturated rings. The minimum atomic E-state index is -0.621. The first kappa shape index (κ1) is 27.3. The number of hydrogen-bond acceptors (Lipinski definition) is 10. The van der Waals surface area contributed by atoms with Gasteiger partial charge in [0.25, 0.3) is 11.8 Å². The number of nitrogens with one attached hydrogen (secondary N) is 1. The van der Waals surface area contributed by atoms with Crippen LogP contribution in [-0.4, -0.2) is 51.5 Å². The molecule has 0 spiro atoms. The fourth-order valence-corrected chi connectivity index (χ4v) is 4.35. The van der Waals surface area contributed by atoms with E-state index in [2.05, 4.69) is 15.3 Å². The molecule has 0 atom stereocenters. The maximum atomic E-state index is 12.1. The number of rotatable bonds is 0. The number of amides is 3. The van der Waals surface area contributed by atoms with Crippen LogP contribution in [0.2, 0.25) is 0 Å². The van der Waals surface area contributed by atoms with Gasteiger partial charge in [-0.15, -0.1) is 0 Å². The van der Waals surface area contributed by atoms with E-state index in [1.54, 1.807) is 20.8 Å². The number of nitrogens with two attached hydrogens (primary N) is 2. The van der Waals surface area contributed by atoms with Gasteiger partial charge in [0.1, 0.15) is 15.4 Å². The maximum Gasteiger partial charge on any atom is 0.417 e. The number of nitrogens with zero attached hydrogens (tertiary/aromatic N) is 3. The van der Waals surface area contributed by atoms with Crippen molar-refractivity contribution in [3.05, 3.63) is 21.1 Å². The average Bonchev–Trinajstić information content (AvgIpc) is 3.25. The lowest BCUT2D eigenvalue weighted by atomic mass is 10.1. The van der Waals surface area contributed by atoms with Crippen molar-refractivity contribution >= 4 is 50.8 Å². The number of aromatic nitrogens is 2. The van der Waals surface area contributed by atoms with Gasteiger partial charge in [0.2, 0.25) is 0 Å². The van der Waals surface area contributed by atoms with Gasteiger partial charge in [-0.2, -0.15) is 0 Å². The van der Waals surface area contributed by atoms with E-state index < -0.39 is 11.7 Å². The third kappa shape index (κ3) is 6.63. The first-order chi connectivity index (χ1) is 14.5. The molecule has 0 bridgehead atoms. The molecule has 0 aromatic carbocycles. The number of ether oxygens (including phenoxy) is 1. The molecule has 12 heteroatoms. The number of imide groups is 1. The second-order valence-electron chi connectivity index (χ2n) is 7.35. The number of carbonyl (C=O) groups is 3. The summed E-state index contributed by atoms with van der Waals surface area (Å²) in [7, 11) is 0. The Morgan fingerprint density at radius 2 is 1.56 bits per heavy atom. The van der Waals surface area contributed by atoms with E-state index in [9.17, 15) is 14.4 Å². The van der Waals surface area contributed by atoms with Gasteiger partial charge in [-0.25, -0.2) is 19.7 Å². The molecule has 0 saturated carbocycles. The topological polar surface area (TPSA) is 154 Å². The smallest absolute Gasteiger partial charge is 0.417 e. The summed E-state index contributed by atoms with van der Waals surface area (Å²) in [5, 5.41) is 3.55. The second-order valence-corrected chi connectivity index (χ2v) is 9.41. The number of carbonyl (C=O) groups excluding carboxylic acids is 3. The second kappa shape index (κ2) is 11.2. The van der Waals surface area contributed by atoms with E-state index in [4.69, 9.17) is 16.2 Å². The minimum Gasteiger partial charge on any atom is -0.443 e. The van der Waals surface area contributed by atoms with Crippen molar-refractivity contribution in [1.82, 2.24) is 20.2 Å². The molecule has 2 aliphatic rings. The molecule has 0 aliphatic carbocycles. The van der Waals surface area contributed by atoms with Gasteiger partial charge in [0.05, 0.1) is 11.4 Å². The molecule has 4 rings (SSSR count). The first-order valence-electron chi connectivity index (χ1n) is 9.88. The predicted octanol–water partition coefficient (Wildman–Crippen LogP) is 3.33. The first-order valence-corrected chi connectivity index (χ1v) is 11.5. The highest BCUT2D eigenvalue weighted by Gasteiger charge is 2.34. The van der Waals surface area contributed by atoms with Gasteiger partial charge in [0, 0.05) is 25.9 Å². The van der Waals surface area contributed by atoms with Gasteiger partial charge in [-0.3, -0.25) is 9.59 Å². The Kier molecular flexibility index (Phi) is 9.58. The Morgan fingerprint density at radius 3 is 2.09 bits per heavy atom. The van der Waals surface area contributed by atoms with Crippen LogP contribution in [-0.2, 0) is 17.6 Å². The highest BCUT2D eigenvalue weighted by atomic mass is 32.1. The van der Waals surface area contributed by atoms with Gasteiger partial charge in [-0.05, 0) is 20.8 Å². The van der Waals surface area contributed by atoms with Crippen molar-refractivity contribution in [2.24, 2.45) is 0 Å². The largest absolute Gasteiger partial charge is 0.443 e. The quantitative estimate of drug-likeness (QED) is 0.514. The van der Waals surface area contributed by atoms with Crippen LogP contribution in [0.1, 0.15) is 72.8 Å². The highest BCUT2D eigenvalue weighted by Crippen LogP contribution is 2.27. The Labute approximate surface area is 196 Å². The van der Waals surface area contributed by atoms with Crippen molar-refractivity contribution < 1.29 is 19.1 Å². The molecule has 4 heterocycles. The molecule has 10 nitrogen and oxygen atoms in total. The van der Waals surface area contributed by atoms with Crippen molar-refractivity contribution in [3.8, 4) is 0 Å². The maximum absolute atomic E-state index is 12.1. The lowest BCUT2D eigenvalue weighted by Crippen LogP contribution is -2.44. The summed E-state index contributed by atoms with van der Waals surface area (Å²) in [5.74, 6) is -0.417. The van der Waals surface area contributed by atoms with E-state index in [1.165, 1.54) is 11.3 Å². The van der Waals surface area contributed by atoms with Gasteiger partial charge in [-0.1, -0.05) is 43.9 Å². The number of nitrogen functional groups attached to an aromatic ring is 2. The molecule has 5 N–H and O–H groups in total. The van der Waals surface area contributed by atoms with Crippen molar-refractivity contribution in [2.75, 3.05) is 24.6 Å². The van der Waals surface area contributed by atoms with Crippen LogP contribution in [0.3, 0.4) is 0 Å². The molecule has 3 amide bonds. The summed E-state index contributed by atoms with van der Waals surface area (Å²) < 4.78 is 5.19. The van der Waals surface area contributed by atoms with Crippen molar-refractivity contribution in [3.63, 3.8) is 0 Å². The van der Waals surface area contributed by atoms with Crippen LogP contribution in [0.4, 0.5) is 15.1 Å². The molecule has 2 aliphatic heterocycles. The van der Waals surface area contributed by atoms with E-state index >= 15 is 0 Å². The molecule has 178 valence electrons. The standard InChI is InChI=1S/C11H15N3O3S.C6H7N3OS.C2H6.CH4/c1-11(2,3)17-10(16)14-5-4-6-7(8(14)15)18-9(12)13-6;7-6-9-3-1-2-8-5(10)4(3)11-6;1-2;/h4-5H2,1-3H3,(H2,12,13);1-2H2,(H2,7,9)(H,8,10);1-2H3;1H4. The van der Waals surface area contributed by atoms with E-state index in [-0.39, 0.29) is 25.8 Å². The fourth-order valence-electron chi connectivity index (χ4n) is 2.73. The zero-order valence-corrected chi connectivity index (χ0v) is 19.9. The van der Waals surface area contributed by atoms with Crippen LogP contribution in [0, 0.1) is 0 Å². The molecule has 0 unspecified atom stereocenters. The van der Waals surface area contributed by atoms with Crippen molar-refractivity contribution in [1.29, 1.82) is 0 Å². The SMILES string of the molecule is C.CC.CC(C)(C)OC(=O)N1CCc2nc(N)sc2C1=O.Nc1nc2c(s1)C(=O)NCC2. The number of hydrogen-bond donors (Lipinski definition) is 3. The molecular weight excluding hydrogens is 452 g/mol. The van der Waals surface area contributed by atoms with E-state index in [0.717, 1.165) is 28.4 Å². The zero-order chi connectivity index (χ0) is 23.3. The summed E-state index contributed by atoms with van der Waals surface area (Å²) in [5.41, 5.74) is 11.9. The Morgan fingerprint density at radius 1 is 1.03 bits per heavy atom. The molecule has 2 aromatic heterocycles. The third-order valence-electron chi connectivity index (χ3n) is 3.91. The van der Waals surface area contributed by atoms with Crippen LogP contribution >= 0.6 is 22.7 Å². The lowest BCUT2D eigenvalue weighted by Gasteiger charge is -2.27. The van der Waals surface area contributed by atoms with Crippen molar-refractivity contribution in [2.45, 2.75) is 60.5 Å². The lowest BCUT2D eigenvalue weighted by molar-refractivity contribution is 0.0235. The van der Waals surface area contributed by atoms with Crippen LogP contribution < -0.4 is 16.8 Å². The normalized spacial score (nSPS) is 14.3. The van der Waals surface area contributed by atoms with Crippen LogP contribution in [0.15, 0.2) is 0 Å². The Bertz CT molecular complexity index is 964. The minimum absolute atomic E-state index is 0. The summed E-state index contributed by atoms with van der Waals surface area (Å²) in [4.78, 5) is 45.4. The summed E-state index contributed by atoms with van der Waals surface area (Å²) >= 11 is 2.36. The fraction of sp³-hybridized carbons (Fsp3) is 0.550. The predicted molar refractivity (Wildman–Crippen MR) is 128 cm³/mol. The summed E-state index contributed by atoms with van der Waals surface area (Å²) in [6, 6.07) is 0. The van der Waals surface area contributed by atoms with Gasteiger partial charge < -0.3 is 21.5 Å². The molecule has 2 aromatic rings. The summed E-state index contributed by atoms with van der Waals surface area (Å²) in [6.45, 7) is 10.2. The Balaban J connectivity index is 0.000000314. The zero-order valence-electron chi connectivity index (χ0n) is 18.3. The van der Waals surface area contributed by atoms with E-state index in [1.807, 2.05) is 13.8 Å². The number of fused-ring (bicyclic) bond motifs is 2.